The van der Waals surface area contributed by atoms with E-state index in [1.165, 1.54) is 12.0 Å². The highest BCUT2D eigenvalue weighted by Gasteiger charge is 2.29. The second-order valence-electron chi connectivity index (χ2n) is 6.38. The summed E-state index contributed by atoms with van der Waals surface area (Å²) < 4.78 is 4.74. The molecule has 0 saturated carbocycles. The van der Waals surface area contributed by atoms with Crippen LogP contribution in [-0.4, -0.2) is 37.5 Å². The number of anilines is 3. The summed E-state index contributed by atoms with van der Waals surface area (Å²) >= 11 is 0. The number of fused-ring (bicyclic) bond motifs is 1. The number of ether oxygens (including phenoxy) is 1. The van der Waals surface area contributed by atoms with Crippen LogP contribution < -0.4 is 15.5 Å². The third-order valence-electron chi connectivity index (χ3n) is 4.44. The summed E-state index contributed by atoms with van der Waals surface area (Å²) in [5, 5.41) is 5.91. The van der Waals surface area contributed by atoms with Gasteiger partial charge in [0.05, 0.1) is 24.0 Å². The monoisotopic (exact) mass is 367 g/mol. The second kappa shape index (κ2) is 7.49. The molecule has 2 aromatic rings. The van der Waals surface area contributed by atoms with Crippen molar-refractivity contribution in [2.24, 2.45) is 0 Å². The predicted octanol–water partition coefficient (Wildman–Crippen LogP) is 2.57. The number of hydrogen-bond acceptors (Lipinski definition) is 5. The smallest absolute Gasteiger partial charge is 0.337 e. The van der Waals surface area contributed by atoms with Gasteiger partial charge < -0.3 is 15.4 Å². The molecule has 0 unspecified atom stereocenters. The summed E-state index contributed by atoms with van der Waals surface area (Å²) in [7, 11) is 1.32. The molecule has 2 N–H and O–H groups in total. The van der Waals surface area contributed by atoms with E-state index >= 15 is 0 Å². The Balaban J connectivity index is 1.83. The zero-order valence-electron chi connectivity index (χ0n) is 15.4. The van der Waals surface area contributed by atoms with Crippen LogP contribution in [0.2, 0.25) is 0 Å². The molecule has 1 atom stereocenters. The Morgan fingerprint density at radius 2 is 1.96 bits per heavy atom. The first-order valence-electron chi connectivity index (χ1n) is 8.56. The number of hydrogen-bond donors (Lipinski definition) is 2. The first-order chi connectivity index (χ1) is 12.9. The number of nitrogens with one attached hydrogen (secondary N) is 2. The van der Waals surface area contributed by atoms with Gasteiger partial charge >= 0.3 is 5.97 Å². The van der Waals surface area contributed by atoms with Crippen LogP contribution in [0.25, 0.3) is 0 Å². The van der Waals surface area contributed by atoms with Gasteiger partial charge in [-0.2, -0.15) is 0 Å². The average molecular weight is 367 g/mol. The van der Waals surface area contributed by atoms with Gasteiger partial charge in [0.15, 0.2) is 0 Å². The van der Waals surface area contributed by atoms with Gasteiger partial charge in [0.1, 0.15) is 12.6 Å². The molecule has 2 aromatic carbocycles. The van der Waals surface area contributed by atoms with E-state index in [4.69, 9.17) is 4.74 Å². The van der Waals surface area contributed by atoms with Crippen molar-refractivity contribution < 1.29 is 19.1 Å². The first kappa shape index (κ1) is 18.4. The number of nitrogens with zero attached hydrogens (tertiary/aromatic N) is 1. The van der Waals surface area contributed by atoms with Crippen LogP contribution in [0.3, 0.4) is 0 Å². The Hall–Kier alpha value is -3.35. The summed E-state index contributed by atoms with van der Waals surface area (Å²) in [6.45, 7) is 3.56. The number of carbonyl (C=O) groups is 3. The molecule has 1 aliphatic heterocycles. The molecule has 1 aliphatic rings. The molecule has 7 heteroatoms. The number of esters is 1. The molecule has 140 valence electrons. The number of benzene rings is 2. The van der Waals surface area contributed by atoms with Gasteiger partial charge in [0, 0.05) is 5.69 Å². The summed E-state index contributed by atoms with van der Waals surface area (Å²) in [5.74, 6) is -0.919. The van der Waals surface area contributed by atoms with E-state index in [0.29, 0.717) is 22.6 Å². The number of aryl methyl sites for hydroxylation is 1. The summed E-state index contributed by atoms with van der Waals surface area (Å²) in [5.41, 5.74) is 3.22. The van der Waals surface area contributed by atoms with Crippen molar-refractivity contribution in [3.8, 4) is 0 Å². The van der Waals surface area contributed by atoms with Gasteiger partial charge in [-0.25, -0.2) is 4.79 Å². The van der Waals surface area contributed by atoms with Gasteiger partial charge in [-0.05, 0) is 43.7 Å². The molecular formula is C20H21N3O4. The quantitative estimate of drug-likeness (QED) is 0.811. The van der Waals surface area contributed by atoms with Crippen molar-refractivity contribution >= 4 is 34.8 Å². The minimum absolute atomic E-state index is 0.0386. The summed E-state index contributed by atoms with van der Waals surface area (Å²) in [6, 6.07) is 11.7. The zero-order chi connectivity index (χ0) is 19.6. The molecule has 2 amide bonds. The highest BCUT2D eigenvalue weighted by molar-refractivity contribution is 6.11. The molecule has 0 aromatic heterocycles. The average Bonchev–Trinajstić information content (AvgIpc) is 2.67. The fourth-order valence-corrected chi connectivity index (χ4v) is 2.98. The lowest BCUT2D eigenvalue weighted by molar-refractivity contribution is -0.122. The fraction of sp³-hybridized carbons (Fsp3) is 0.250. The van der Waals surface area contributed by atoms with Crippen LogP contribution in [0.1, 0.15) is 22.8 Å². The van der Waals surface area contributed by atoms with Crippen LogP contribution in [0, 0.1) is 6.92 Å². The van der Waals surface area contributed by atoms with E-state index in [1.54, 1.807) is 43.3 Å². The second-order valence-corrected chi connectivity index (χ2v) is 6.38. The Bertz CT molecular complexity index is 910. The molecule has 0 fully saturated rings. The maximum Gasteiger partial charge on any atom is 0.337 e. The fourth-order valence-electron chi connectivity index (χ4n) is 2.98. The van der Waals surface area contributed by atoms with Crippen molar-refractivity contribution in [2.75, 3.05) is 29.2 Å². The lowest BCUT2D eigenvalue weighted by atomic mass is 10.1. The van der Waals surface area contributed by atoms with Crippen LogP contribution in [-0.2, 0) is 14.3 Å². The van der Waals surface area contributed by atoms with E-state index in [0.717, 1.165) is 5.56 Å². The van der Waals surface area contributed by atoms with E-state index in [1.807, 2.05) is 13.0 Å². The largest absolute Gasteiger partial charge is 0.465 e. The summed E-state index contributed by atoms with van der Waals surface area (Å²) in [6.07, 6.45) is 0. The van der Waals surface area contributed by atoms with Crippen LogP contribution in [0.5, 0.6) is 0 Å². The molecule has 0 saturated heterocycles. The van der Waals surface area contributed by atoms with Gasteiger partial charge in [0.25, 0.3) is 0 Å². The third kappa shape index (κ3) is 3.76. The Morgan fingerprint density at radius 1 is 1.22 bits per heavy atom. The Labute approximate surface area is 157 Å². The predicted molar refractivity (Wildman–Crippen MR) is 103 cm³/mol. The van der Waals surface area contributed by atoms with E-state index in [2.05, 4.69) is 10.6 Å². The number of carbonyl (C=O) groups excluding carboxylic acids is 3. The standard InChI is InChI=1S/C20H21N3O4/c1-12-8-9-14(20(26)27-3)10-16(12)21-13(2)19(25)23-11-18(24)22-15-6-4-5-7-17(15)23/h4-10,13,21H,11H2,1-3H3,(H,22,24)/t13-/m0/s1. The zero-order valence-corrected chi connectivity index (χ0v) is 15.4. The highest BCUT2D eigenvalue weighted by Crippen LogP contribution is 2.29. The molecule has 27 heavy (non-hydrogen) atoms. The molecular weight excluding hydrogens is 346 g/mol. The van der Waals surface area contributed by atoms with Crippen molar-refractivity contribution in [1.29, 1.82) is 0 Å². The van der Waals surface area contributed by atoms with Crippen molar-refractivity contribution in [3.05, 3.63) is 53.6 Å². The molecule has 3 rings (SSSR count). The summed E-state index contributed by atoms with van der Waals surface area (Å²) in [4.78, 5) is 38.2. The first-order valence-corrected chi connectivity index (χ1v) is 8.56. The van der Waals surface area contributed by atoms with Gasteiger partial charge in [-0.1, -0.05) is 18.2 Å². The van der Waals surface area contributed by atoms with Crippen LogP contribution in [0.4, 0.5) is 17.1 Å². The maximum atomic E-state index is 13.0. The van der Waals surface area contributed by atoms with Crippen molar-refractivity contribution in [3.63, 3.8) is 0 Å². The molecule has 0 bridgehead atoms. The highest BCUT2D eigenvalue weighted by atomic mass is 16.5. The Morgan fingerprint density at radius 3 is 2.70 bits per heavy atom. The minimum atomic E-state index is -0.601. The molecule has 0 radical (unpaired) electrons. The van der Waals surface area contributed by atoms with Gasteiger partial charge in [0.2, 0.25) is 11.8 Å². The normalized spacial score (nSPS) is 14.0. The number of amides is 2. The number of para-hydroxylation sites is 2. The lowest BCUT2D eigenvalue weighted by Gasteiger charge is -2.31. The van der Waals surface area contributed by atoms with Crippen molar-refractivity contribution in [2.45, 2.75) is 19.9 Å². The third-order valence-corrected chi connectivity index (χ3v) is 4.44. The number of methoxy groups -OCH3 is 1. The SMILES string of the molecule is COC(=O)c1ccc(C)c(N[C@@H](C)C(=O)N2CC(=O)Nc3ccccc32)c1. The topological polar surface area (TPSA) is 87.7 Å². The van der Waals surface area contributed by atoms with Crippen molar-refractivity contribution in [1.82, 2.24) is 0 Å². The molecule has 0 spiro atoms. The molecule has 7 nitrogen and oxygen atoms in total. The van der Waals surface area contributed by atoms with E-state index < -0.39 is 12.0 Å². The van der Waals surface area contributed by atoms with Crippen LogP contribution in [0.15, 0.2) is 42.5 Å². The lowest BCUT2D eigenvalue weighted by Crippen LogP contribution is -2.47. The maximum absolute atomic E-state index is 13.0. The number of rotatable bonds is 4. The van der Waals surface area contributed by atoms with E-state index in [9.17, 15) is 14.4 Å². The molecule has 0 aliphatic carbocycles. The minimum Gasteiger partial charge on any atom is -0.465 e. The van der Waals surface area contributed by atoms with Gasteiger partial charge in [-0.15, -0.1) is 0 Å². The van der Waals surface area contributed by atoms with E-state index in [-0.39, 0.29) is 18.4 Å². The van der Waals surface area contributed by atoms with Gasteiger partial charge in [-0.3, -0.25) is 14.5 Å². The Kier molecular flexibility index (Phi) is 5.12. The molecule has 1 heterocycles. The van der Waals surface area contributed by atoms with Crippen LogP contribution >= 0.6 is 0 Å².